The van der Waals surface area contributed by atoms with E-state index < -0.39 is 0 Å². The summed E-state index contributed by atoms with van der Waals surface area (Å²) in [4.78, 5) is 14.4. The van der Waals surface area contributed by atoms with Gasteiger partial charge in [0.05, 0.1) is 13.3 Å². The summed E-state index contributed by atoms with van der Waals surface area (Å²) in [6.07, 6.45) is 11.7. The molecule has 43 heavy (non-hydrogen) atoms. The van der Waals surface area contributed by atoms with Crippen molar-refractivity contribution in [2.45, 2.75) is 44.9 Å². The SMILES string of the molecule is C=CCc1ccc(OCCOc2ccc(Br)cc2/C=N\Nc2cc(N3CCCCC3)nc(N3CCCCC3)n2)c(OC)c1. The van der Waals surface area contributed by atoms with E-state index in [4.69, 9.17) is 24.2 Å². The highest BCUT2D eigenvalue weighted by Gasteiger charge is 2.19. The van der Waals surface area contributed by atoms with Crippen molar-refractivity contribution in [3.8, 4) is 17.2 Å². The quantitative estimate of drug-likeness (QED) is 0.0931. The van der Waals surface area contributed by atoms with Crippen LogP contribution in [0, 0.1) is 0 Å². The molecule has 0 amide bonds. The van der Waals surface area contributed by atoms with Crippen molar-refractivity contribution in [1.29, 1.82) is 0 Å². The topological polar surface area (TPSA) is 84.3 Å². The maximum atomic E-state index is 6.09. The fraction of sp³-hybridized carbons (Fsp3) is 0.424. The van der Waals surface area contributed by atoms with Crippen molar-refractivity contribution in [2.75, 3.05) is 61.7 Å². The van der Waals surface area contributed by atoms with Gasteiger partial charge in [-0.1, -0.05) is 28.1 Å². The molecule has 3 aromatic rings. The summed E-state index contributed by atoms with van der Waals surface area (Å²) >= 11 is 3.57. The van der Waals surface area contributed by atoms with Gasteiger partial charge in [-0.15, -0.1) is 6.58 Å². The van der Waals surface area contributed by atoms with Gasteiger partial charge in [0.1, 0.15) is 24.8 Å². The van der Waals surface area contributed by atoms with E-state index >= 15 is 0 Å². The second-order valence-electron chi connectivity index (χ2n) is 10.7. The minimum Gasteiger partial charge on any atom is -0.493 e. The minimum atomic E-state index is 0.359. The van der Waals surface area contributed by atoms with E-state index in [1.807, 2.05) is 48.5 Å². The lowest BCUT2D eigenvalue weighted by atomic mass is 10.1. The smallest absolute Gasteiger partial charge is 0.229 e. The predicted octanol–water partition coefficient (Wildman–Crippen LogP) is 6.86. The Labute approximate surface area is 263 Å². The van der Waals surface area contributed by atoms with Crippen LogP contribution in [-0.4, -0.2) is 62.7 Å². The molecule has 2 fully saturated rings. The van der Waals surface area contributed by atoms with Crippen LogP contribution in [0.4, 0.5) is 17.6 Å². The number of anilines is 3. The molecule has 2 saturated heterocycles. The number of hydrogen-bond acceptors (Lipinski definition) is 9. The van der Waals surface area contributed by atoms with E-state index in [-0.39, 0.29) is 0 Å². The van der Waals surface area contributed by atoms with Crippen molar-refractivity contribution < 1.29 is 14.2 Å². The summed E-state index contributed by atoms with van der Waals surface area (Å²) in [5, 5.41) is 4.55. The number of benzene rings is 2. The Balaban J connectivity index is 1.24. The largest absolute Gasteiger partial charge is 0.493 e. The molecule has 3 heterocycles. The van der Waals surface area contributed by atoms with Crippen LogP contribution in [0.2, 0.25) is 0 Å². The summed E-state index contributed by atoms with van der Waals surface area (Å²) in [5.74, 6) is 4.50. The number of hydrazone groups is 1. The number of piperidine rings is 2. The number of allylic oxidation sites excluding steroid dienone is 1. The van der Waals surface area contributed by atoms with Gasteiger partial charge in [-0.05, 0) is 80.8 Å². The number of rotatable bonds is 13. The number of nitrogens with zero attached hydrogens (tertiary/aromatic N) is 5. The first-order valence-electron chi connectivity index (χ1n) is 15.1. The molecule has 0 atom stereocenters. The highest BCUT2D eigenvalue weighted by atomic mass is 79.9. The number of hydrogen-bond donors (Lipinski definition) is 1. The molecule has 5 rings (SSSR count). The summed E-state index contributed by atoms with van der Waals surface area (Å²) < 4.78 is 18.5. The van der Waals surface area contributed by atoms with Crippen LogP contribution in [0.1, 0.15) is 49.7 Å². The summed E-state index contributed by atoms with van der Waals surface area (Å²) in [7, 11) is 1.64. The Morgan fingerprint density at radius 1 is 0.860 bits per heavy atom. The lowest BCUT2D eigenvalue weighted by molar-refractivity contribution is 0.211. The Hall–Kier alpha value is -3.79. The summed E-state index contributed by atoms with van der Waals surface area (Å²) in [6, 6.07) is 13.7. The average Bonchev–Trinajstić information content (AvgIpc) is 3.05. The third kappa shape index (κ3) is 8.63. The zero-order valence-corrected chi connectivity index (χ0v) is 26.5. The van der Waals surface area contributed by atoms with E-state index in [1.54, 1.807) is 13.3 Å². The van der Waals surface area contributed by atoms with Gasteiger partial charge in [0.15, 0.2) is 17.3 Å². The van der Waals surface area contributed by atoms with Crippen molar-refractivity contribution in [1.82, 2.24) is 9.97 Å². The van der Waals surface area contributed by atoms with E-state index in [0.717, 1.165) is 60.0 Å². The second-order valence-corrected chi connectivity index (χ2v) is 11.6. The zero-order valence-electron chi connectivity index (χ0n) is 24.9. The average molecular weight is 650 g/mol. The van der Waals surface area contributed by atoms with Gasteiger partial charge in [0.25, 0.3) is 0 Å². The molecule has 0 bridgehead atoms. The molecule has 9 nitrogen and oxygen atoms in total. The molecule has 2 aliphatic heterocycles. The molecule has 228 valence electrons. The van der Waals surface area contributed by atoms with Gasteiger partial charge in [-0.2, -0.15) is 15.1 Å². The van der Waals surface area contributed by atoms with Crippen molar-refractivity contribution in [2.24, 2.45) is 5.10 Å². The van der Waals surface area contributed by atoms with Crippen LogP contribution in [0.25, 0.3) is 0 Å². The molecule has 2 aliphatic rings. The third-order valence-electron chi connectivity index (χ3n) is 7.58. The van der Waals surface area contributed by atoms with E-state index in [9.17, 15) is 0 Å². The van der Waals surface area contributed by atoms with Crippen LogP contribution in [-0.2, 0) is 6.42 Å². The van der Waals surface area contributed by atoms with Crippen molar-refractivity contribution >= 4 is 39.7 Å². The molecule has 0 saturated carbocycles. The number of aromatic nitrogens is 2. The Morgan fingerprint density at radius 3 is 2.28 bits per heavy atom. The first kappa shape index (κ1) is 30.7. The normalized spacial score (nSPS) is 15.4. The Morgan fingerprint density at radius 2 is 1.56 bits per heavy atom. The Bertz CT molecular complexity index is 1350. The van der Waals surface area contributed by atoms with Crippen LogP contribution in [0.3, 0.4) is 0 Å². The van der Waals surface area contributed by atoms with Crippen molar-refractivity contribution in [3.05, 3.63) is 70.7 Å². The van der Waals surface area contributed by atoms with Crippen LogP contribution in [0.15, 0.2) is 64.7 Å². The molecule has 0 radical (unpaired) electrons. The summed E-state index contributed by atoms with van der Waals surface area (Å²) in [5.41, 5.74) is 5.11. The van der Waals surface area contributed by atoms with Gasteiger partial charge in [-0.25, -0.2) is 0 Å². The molecule has 2 aromatic carbocycles. The lowest BCUT2D eigenvalue weighted by Gasteiger charge is -2.31. The number of methoxy groups -OCH3 is 1. The predicted molar refractivity (Wildman–Crippen MR) is 177 cm³/mol. The van der Waals surface area contributed by atoms with Crippen molar-refractivity contribution in [3.63, 3.8) is 0 Å². The number of nitrogens with one attached hydrogen (secondary N) is 1. The molecule has 0 aliphatic carbocycles. The van der Waals surface area contributed by atoms with Gasteiger partial charge in [0.2, 0.25) is 5.95 Å². The molecular formula is C33H41BrN6O3. The number of ether oxygens (including phenoxy) is 3. The standard InChI is InChI=1S/C33H41BrN6O3/c1-3-10-25-11-13-29(30(21-25)41-2)43-20-19-42-28-14-12-27(34)22-26(28)24-35-38-31-23-32(39-15-6-4-7-16-39)37-33(36-31)40-17-8-5-9-18-40/h3,11-14,21-24H,1,4-10,15-20H2,2H3,(H,36,37,38)/b35-24-. The molecule has 10 heteroatoms. The number of halogens is 1. The first-order valence-corrected chi connectivity index (χ1v) is 15.9. The molecule has 1 N–H and O–H groups in total. The lowest BCUT2D eigenvalue weighted by Crippen LogP contribution is -2.33. The van der Waals surface area contributed by atoms with Gasteiger partial charge < -0.3 is 24.0 Å². The zero-order chi connectivity index (χ0) is 29.9. The van der Waals surface area contributed by atoms with Crippen LogP contribution >= 0.6 is 15.9 Å². The summed E-state index contributed by atoms with van der Waals surface area (Å²) in [6.45, 7) is 8.54. The van der Waals surface area contributed by atoms with Crippen LogP contribution < -0.4 is 29.4 Å². The van der Waals surface area contributed by atoms with E-state index in [1.165, 1.54) is 38.5 Å². The van der Waals surface area contributed by atoms with Gasteiger partial charge >= 0.3 is 0 Å². The second kappa shape index (κ2) is 15.6. The van der Waals surface area contributed by atoms with Gasteiger partial charge in [0, 0.05) is 42.3 Å². The van der Waals surface area contributed by atoms with E-state index in [2.05, 4.69) is 42.8 Å². The van der Waals surface area contributed by atoms with E-state index in [0.29, 0.717) is 36.3 Å². The first-order chi connectivity index (χ1) is 21.1. The molecule has 0 spiro atoms. The molecule has 1 aromatic heterocycles. The monoisotopic (exact) mass is 648 g/mol. The molecular weight excluding hydrogens is 608 g/mol. The minimum absolute atomic E-state index is 0.359. The maximum absolute atomic E-state index is 6.09. The third-order valence-corrected chi connectivity index (χ3v) is 8.07. The fourth-order valence-electron chi connectivity index (χ4n) is 5.35. The Kier molecular flexibility index (Phi) is 11.1. The fourth-order valence-corrected chi connectivity index (χ4v) is 5.73. The highest BCUT2D eigenvalue weighted by Crippen LogP contribution is 2.29. The van der Waals surface area contributed by atoms with Crippen LogP contribution in [0.5, 0.6) is 17.2 Å². The molecule has 0 unspecified atom stereocenters. The van der Waals surface area contributed by atoms with Gasteiger partial charge in [-0.3, -0.25) is 5.43 Å². The maximum Gasteiger partial charge on any atom is 0.229 e. The highest BCUT2D eigenvalue weighted by molar-refractivity contribution is 9.10.